The van der Waals surface area contributed by atoms with E-state index in [0.717, 1.165) is 10.9 Å². The molecule has 0 radical (unpaired) electrons. The van der Waals surface area contributed by atoms with Gasteiger partial charge in [-0.15, -0.1) is 0 Å². The van der Waals surface area contributed by atoms with Crippen LogP contribution in [0.1, 0.15) is 5.56 Å². The van der Waals surface area contributed by atoms with Crippen LogP contribution in [0.3, 0.4) is 0 Å². The Morgan fingerprint density at radius 2 is 2.07 bits per heavy atom. The molecule has 15 heavy (non-hydrogen) atoms. The van der Waals surface area contributed by atoms with Gasteiger partial charge in [0, 0.05) is 10.8 Å². The number of halogens is 2. The van der Waals surface area contributed by atoms with Crippen LogP contribution in [0.5, 0.6) is 5.75 Å². The number of rotatable bonds is 2. The minimum absolute atomic E-state index is 0.245. The van der Waals surface area contributed by atoms with Crippen molar-refractivity contribution in [2.45, 2.75) is 0 Å². The summed E-state index contributed by atoms with van der Waals surface area (Å²) in [5.74, 6) is 0.411. The first-order valence-corrected chi connectivity index (χ1v) is 5.28. The molecule has 1 nitrogen and oxygen atoms in total. The molecule has 0 amide bonds. The van der Waals surface area contributed by atoms with Crippen molar-refractivity contribution < 1.29 is 7.46 Å². The van der Waals surface area contributed by atoms with Crippen LogP contribution < -0.4 is 3.07 Å². The van der Waals surface area contributed by atoms with Crippen molar-refractivity contribution in [1.29, 1.82) is 0 Å². The van der Waals surface area contributed by atoms with Crippen molar-refractivity contribution in [2.75, 3.05) is 0 Å². The van der Waals surface area contributed by atoms with Crippen LogP contribution in [0.2, 0.25) is 0 Å². The van der Waals surface area contributed by atoms with Crippen molar-refractivity contribution in [3.8, 4) is 5.75 Å². The summed E-state index contributed by atoms with van der Waals surface area (Å²) >= 11 is 1.79. The summed E-state index contributed by atoms with van der Waals surface area (Å²) in [5.41, 5.74) is 0.874. The molecule has 76 valence electrons. The Hall–Kier alpha value is -1.10. The van der Waals surface area contributed by atoms with Gasteiger partial charge in [-0.3, -0.25) is 0 Å². The lowest BCUT2D eigenvalue weighted by Gasteiger charge is -2.07. The SMILES string of the molecule is C=Cc1ccc(F)c2cccc(OI)c12. The van der Waals surface area contributed by atoms with E-state index in [9.17, 15) is 4.39 Å². The number of fused-ring (bicyclic) bond motifs is 1. The van der Waals surface area contributed by atoms with Crippen LogP contribution in [0, 0.1) is 5.82 Å². The minimum atomic E-state index is -0.245. The molecule has 0 bridgehead atoms. The van der Waals surface area contributed by atoms with Crippen LogP contribution in [0.25, 0.3) is 16.8 Å². The summed E-state index contributed by atoms with van der Waals surface area (Å²) in [6.45, 7) is 3.71. The van der Waals surface area contributed by atoms with Gasteiger partial charge in [-0.1, -0.05) is 30.9 Å². The molecule has 0 atom stereocenters. The third-order valence-corrected chi connectivity index (χ3v) is 2.76. The molecule has 0 fully saturated rings. The second-order valence-electron chi connectivity index (χ2n) is 3.10. The van der Waals surface area contributed by atoms with E-state index < -0.39 is 0 Å². The molecular formula is C12H8FIO. The molecule has 0 heterocycles. The first-order valence-electron chi connectivity index (χ1n) is 4.40. The maximum atomic E-state index is 13.5. The van der Waals surface area contributed by atoms with Gasteiger partial charge in [0.2, 0.25) is 0 Å². The number of hydrogen-bond donors (Lipinski definition) is 0. The molecule has 0 aromatic heterocycles. The molecule has 3 heteroatoms. The molecule has 0 aliphatic heterocycles. The highest BCUT2D eigenvalue weighted by molar-refractivity contribution is 14.1. The fourth-order valence-corrected chi connectivity index (χ4v) is 1.97. The number of benzene rings is 2. The van der Waals surface area contributed by atoms with E-state index in [1.807, 2.05) is 0 Å². The summed E-state index contributed by atoms with van der Waals surface area (Å²) in [6, 6.07) is 8.45. The third-order valence-electron chi connectivity index (χ3n) is 2.28. The van der Waals surface area contributed by atoms with Gasteiger partial charge in [0.25, 0.3) is 0 Å². The Balaban J connectivity index is 2.94. The summed E-state index contributed by atoms with van der Waals surface area (Å²) in [4.78, 5) is 0. The largest absolute Gasteiger partial charge is 0.427 e. The average Bonchev–Trinajstić information content (AvgIpc) is 2.29. The Kier molecular flexibility index (Phi) is 2.90. The standard InChI is InChI=1S/C12H8FIO/c1-2-8-6-7-10(13)9-4-3-5-11(15-14)12(8)9/h2-7H,1H2. The van der Waals surface area contributed by atoms with Crippen LogP contribution in [-0.4, -0.2) is 0 Å². The van der Waals surface area contributed by atoms with Crippen molar-refractivity contribution in [3.63, 3.8) is 0 Å². The predicted molar refractivity (Wildman–Crippen MR) is 68.6 cm³/mol. The second kappa shape index (κ2) is 4.18. The summed E-state index contributed by atoms with van der Waals surface area (Å²) in [5, 5.41) is 1.32. The van der Waals surface area contributed by atoms with Crippen molar-refractivity contribution in [1.82, 2.24) is 0 Å². The molecule has 2 rings (SSSR count). The zero-order chi connectivity index (χ0) is 10.8. The molecule has 0 aliphatic carbocycles. The molecule has 0 saturated heterocycles. The summed E-state index contributed by atoms with van der Waals surface area (Å²) < 4.78 is 18.7. The highest BCUT2D eigenvalue weighted by atomic mass is 127. The van der Waals surface area contributed by atoms with Gasteiger partial charge in [0.15, 0.2) is 23.0 Å². The fourth-order valence-electron chi connectivity index (χ4n) is 1.60. The minimum Gasteiger partial charge on any atom is -0.427 e. The van der Waals surface area contributed by atoms with Crippen LogP contribution in [0.15, 0.2) is 36.9 Å². The van der Waals surface area contributed by atoms with Gasteiger partial charge in [0.05, 0.1) is 0 Å². The highest BCUT2D eigenvalue weighted by Crippen LogP contribution is 2.32. The lowest BCUT2D eigenvalue weighted by molar-refractivity contribution is 0.639. The van der Waals surface area contributed by atoms with E-state index in [-0.39, 0.29) is 5.82 Å². The highest BCUT2D eigenvalue weighted by Gasteiger charge is 2.08. The maximum absolute atomic E-state index is 13.5. The summed E-state index contributed by atoms with van der Waals surface area (Å²) in [7, 11) is 0. The van der Waals surface area contributed by atoms with Gasteiger partial charge in [0.1, 0.15) is 11.6 Å². The van der Waals surface area contributed by atoms with E-state index in [1.54, 1.807) is 53.3 Å². The van der Waals surface area contributed by atoms with Crippen molar-refractivity contribution >= 4 is 39.9 Å². The van der Waals surface area contributed by atoms with Gasteiger partial charge in [-0.25, -0.2) is 4.39 Å². The quantitative estimate of drug-likeness (QED) is 0.749. The normalized spacial score (nSPS) is 10.3. The van der Waals surface area contributed by atoms with Gasteiger partial charge < -0.3 is 3.07 Å². The molecule has 0 N–H and O–H groups in total. The molecule has 2 aromatic carbocycles. The van der Waals surface area contributed by atoms with Gasteiger partial charge in [-0.2, -0.15) is 0 Å². The molecule has 0 aliphatic rings. The number of hydrogen-bond acceptors (Lipinski definition) is 1. The van der Waals surface area contributed by atoms with E-state index in [4.69, 9.17) is 3.07 Å². The first-order chi connectivity index (χ1) is 7.27. The maximum Gasteiger partial charge on any atom is 0.192 e. The Morgan fingerprint density at radius 3 is 2.73 bits per heavy atom. The zero-order valence-electron chi connectivity index (χ0n) is 7.84. The van der Waals surface area contributed by atoms with Crippen molar-refractivity contribution in [3.05, 3.63) is 48.3 Å². The second-order valence-corrected chi connectivity index (χ2v) is 3.54. The first kappa shape index (κ1) is 10.4. The monoisotopic (exact) mass is 314 g/mol. The Labute approximate surface area is 101 Å². The zero-order valence-corrected chi connectivity index (χ0v) is 9.99. The molecule has 2 aromatic rings. The van der Waals surface area contributed by atoms with E-state index in [0.29, 0.717) is 11.1 Å². The van der Waals surface area contributed by atoms with Crippen LogP contribution >= 0.6 is 23.0 Å². The Morgan fingerprint density at radius 1 is 1.27 bits per heavy atom. The van der Waals surface area contributed by atoms with Crippen LogP contribution in [0.4, 0.5) is 4.39 Å². The van der Waals surface area contributed by atoms with Crippen molar-refractivity contribution in [2.24, 2.45) is 0 Å². The molecular weight excluding hydrogens is 306 g/mol. The topological polar surface area (TPSA) is 9.23 Å². The summed E-state index contributed by atoms with van der Waals surface area (Å²) in [6.07, 6.45) is 1.70. The molecule has 0 unspecified atom stereocenters. The van der Waals surface area contributed by atoms with Gasteiger partial charge >= 0.3 is 0 Å². The average molecular weight is 314 g/mol. The predicted octanol–water partition coefficient (Wildman–Crippen LogP) is 4.35. The molecule has 0 spiro atoms. The van der Waals surface area contributed by atoms with E-state index in [1.165, 1.54) is 6.07 Å². The van der Waals surface area contributed by atoms with Crippen LogP contribution in [-0.2, 0) is 0 Å². The lowest BCUT2D eigenvalue weighted by atomic mass is 10.0. The van der Waals surface area contributed by atoms with E-state index in [2.05, 4.69) is 6.58 Å². The van der Waals surface area contributed by atoms with Gasteiger partial charge in [-0.05, 0) is 17.7 Å². The smallest absolute Gasteiger partial charge is 0.192 e. The third kappa shape index (κ3) is 1.71. The molecule has 0 saturated carbocycles. The van der Waals surface area contributed by atoms with E-state index >= 15 is 0 Å². The Bertz CT molecular complexity index is 522. The lowest BCUT2D eigenvalue weighted by Crippen LogP contribution is -1.86. The fraction of sp³-hybridized carbons (Fsp3) is 0.